The highest BCUT2D eigenvalue weighted by molar-refractivity contribution is 7.10. The van der Waals surface area contributed by atoms with Crippen LogP contribution in [-0.4, -0.2) is 113 Å². The maximum atomic E-state index is 15.5. The summed E-state index contributed by atoms with van der Waals surface area (Å²) in [4.78, 5) is 80.2. The highest BCUT2D eigenvalue weighted by Crippen LogP contribution is 2.41. The second kappa shape index (κ2) is 26.2. The average Bonchev–Trinajstić information content (AvgIpc) is 4.08. The lowest BCUT2D eigenvalue weighted by Gasteiger charge is -2.32. The largest absolute Gasteiger partial charge is 1.00 e. The first kappa shape index (κ1) is 57.7. The molecule has 75 heavy (non-hydrogen) atoms. The summed E-state index contributed by atoms with van der Waals surface area (Å²) in [5.74, 6) is -3.72. The molecule has 4 heterocycles. The molecule has 22 nitrogen and oxygen atoms in total. The Morgan fingerprint density at radius 2 is 1.47 bits per heavy atom. The number of likely N-dealkylation sites (N-methyl/N-ethyl adjacent to an activating group) is 2. The molecule has 4 aromatic heterocycles. The number of nitriles is 1. The van der Waals surface area contributed by atoms with Crippen molar-refractivity contribution in [2.24, 2.45) is 0 Å². The first-order valence-electron chi connectivity index (χ1n) is 22.5. The average molecular weight is 1080 g/mol. The molecule has 396 valence electrons. The van der Waals surface area contributed by atoms with E-state index in [2.05, 4.69) is 26.5 Å². The summed E-state index contributed by atoms with van der Waals surface area (Å²) in [5, 5.41) is 30.8. The number of carbonyl (C=O) groups excluding carboxylic acids is 5. The third-order valence-corrected chi connectivity index (χ3v) is 12.3. The van der Waals surface area contributed by atoms with Crippen LogP contribution in [0.2, 0.25) is 0 Å². The number of rotatable bonds is 20. The van der Waals surface area contributed by atoms with E-state index >= 15 is 4.39 Å². The molecule has 3 amide bonds. The van der Waals surface area contributed by atoms with Crippen molar-refractivity contribution in [2.45, 2.75) is 64.6 Å². The summed E-state index contributed by atoms with van der Waals surface area (Å²) >= 11 is 1.21. The van der Waals surface area contributed by atoms with E-state index in [1.165, 1.54) is 80.6 Å². The molecule has 0 saturated carbocycles. The van der Waals surface area contributed by atoms with Gasteiger partial charge in [0.25, 0.3) is 6.33 Å². The number of aromatic nitrogens is 6. The standard InChI is InChI=1S/C49H52F2N11O11S.ClH/c1-30(45-57-40(26-74-45)34-14-12-33(21-52)13-15-34)49(68,38-20-37(50)16-17-39(38)51)27-62-29-61(28-56-62)31(2)71-47(66)59(6)43-36(11-9-18-54-43)25-70-42(64)23-58(5)46(65)72-32(3)73-48(67)60(7)44-35(10-8-19-55-44)24-69-41(63)22-53-4;/h8-20,26,28-32,53,68H,22-25,27H2,1-7H3;1H/q+1;/p-1/t30-,31?,32?,49+;/m0./s1. The number of thiazole rings is 1. The van der Waals surface area contributed by atoms with Gasteiger partial charge in [-0.1, -0.05) is 31.2 Å². The molecule has 2 aromatic carbocycles. The molecule has 26 heteroatoms. The first-order valence-corrected chi connectivity index (χ1v) is 23.4. The summed E-state index contributed by atoms with van der Waals surface area (Å²) in [5.41, 5.74) is 0.000222. The van der Waals surface area contributed by atoms with Crippen molar-refractivity contribution in [2.75, 3.05) is 51.1 Å². The Morgan fingerprint density at radius 1 is 0.867 bits per heavy atom. The van der Waals surface area contributed by atoms with Crippen LogP contribution >= 0.6 is 11.3 Å². The van der Waals surface area contributed by atoms with E-state index in [4.69, 9.17) is 28.7 Å². The number of halogens is 3. The SMILES string of the molecule is CNCC(=O)OCc1cccnc1N(C)C(=O)OC(C)OC(=O)N(C)CC(=O)OCc1cccnc1N(C)C(=O)OC(C)[n+]1cnn(C[C@](O)(c2cc(F)ccc2F)[C@@H](C)c2nc(-c3ccc(C#N)cc3)cs2)c1.[Cl-]. The number of nitrogens with one attached hydrogen (secondary N) is 1. The quantitative estimate of drug-likeness (QED) is 0.0482. The molecular formula is C49H52ClF2N11O11S. The van der Waals surface area contributed by atoms with E-state index in [9.17, 15) is 38.7 Å². The van der Waals surface area contributed by atoms with Crippen LogP contribution in [-0.2, 0) is 58.6 Å². The highest BCUT2D eigenvalue weighted by Gasteiger charge is 2.44. The summed E-state index contributed by atoms with van der Waals surface area (Å²) < 4.78 is 59.6. The van der Waals surface area contributed by atoms with E-state index in [-0.39, 0.29) is 61.5 Å². The van der Waals surface area contributed by atoms with Gasteiger partial charge in [-0.2, -0.15) is 9.83 Å². The van der Waals surface area contributed by atoms with Gasteiger partial charge in [-0.3, -0.25) is 19.4 Å². The van der Waals surface area contributed by atoms with Crippen LogP contribution in [0.25, 0.3) is 11.3 Å². The number of pyridine rings is 2. The monoisotopic (exact) mass is 1080 g/mol. The first-order chi connectivity index (χ1) is 35.3. The summed E-state index contributed by atoms with van der Waals surface area (Å²) in [6.45, 7) is 2.92. The van der Waals surface area contributed by atoms with Crippen LogP contribution < -0.4 is 32.1 Å². The lowest BCUT2D eigenvalue weighted by Crippen LogP contribution is -3.00. The number of benzene rings is 2. The molecule has 0 spiro atoms. The summed E-state index contributed by atoms with van der Waals surface area (Å²) in [6.07, 6.45) is 0.271. The summed E-state index contributed by atoms with van der Waals surface area (Å²) in [6, 6.07) is 17.9. The Morgan fingerprint density at radius 3 is 2.08 bits per heavy atom. The minimum atomic E-state index is -2.11. The fourth-order valence-corrected chi connectivity index (χ4v) is 8.09. The molecule has 6 rings (SSSR count). The fourth-order valence-electron chi connectivity index (χ4n) is 7.12. The zero-order chi connectivity index (χ0) is 53.7. The molecule has 2 unspecified atom stereocenters. The Bertz CT molecular complexity index is 3020. The predicted molar refractivity (Wildman–Crippen MR) is 258 cm³/mol. The molecule has 4 atom stereocenters. The van der Waals surface area contributed by atoms with Crippen LogP contribution in [0.1, 0.15) is 60.2 Å². The number of anilines is 2. The molecule has 6 aromatic rings. The van der Waals surface area contributed by atoms with Gasteiger partial charge in [-0.15, -0.1) is 16.0 Å². The van der Waals surface area contributed by atoms with Crippen LogP contribution in [0, 0.1) is 23.0 Å². The Labute approximate surface area is 439 Å². The number of aliphatic hydroxyl groups is 1. The Hall–Kier alpha value is -8.18. The predicted octanol–water partition coefficient (Wildman–Crippen LogP) is 2.71. The molecule has 0 aliphatic carbocycles. The van der Waals surface area contributed by atoms with Gasteiger partial charge in [-0.25, -0.2) is 38.1 Å². The summed E-state index contributed by atoms with van der Waals surface area (Å²) in [7, 11) is 5.59. The van der Waals surface area contributed by atoms with Gasteiger partial charge in [0.15, 0.2) is 0 Å². The van der Waals surface area contributed by atoms with Gasteiger partial charge in [0.05, 0.1) is 28.9 Å². The minimum absolute atomic E-state index is 0. The molecule has 0 aliphatic rings. The molecule has 0 radical (unpaired) electrons. The number of nitrogens with zero attached hydrogens (tertiary/aromatic N) is 10. The zero-order valence-electron chi connectivity index (χ0n) is 41.5. The van der Waals surface area contributed by atoms with E-state index in [0.29, 0.717) is 27.4 Å². The van der Waals surface area contributed by atoms with Crippen LogP contribution in [0.4, 0.5) is 34.8 Å². The van der Waals surface area contributed by atoms with Crippen LogP contribution in [0.3, 0.4) is 0 Å². The molecular weight excluding hydrogens is 1020 g/mol. The van der Waals surface area contributed by atoms with Gasteiger partial charge in [-0.05, 0) is 49.5 Å². The van der Waals surface area contributed by atoms with Crippen molar-refractivity contribution in [3.63, 3.8) is 0 Å². The minimum Gasteiger partial charge on any atom is -1.00 e. The number of hydrogen-bond acceptors (Lipinski definition) is 18. The third kappa shape index (κ3) is 14.7. The Balaban J connectivity index is 0.0000104. The third-order valence-electron chi connectivity index (χ3n) is 11.2. The van der Waals surface area contributed by atoms with Gasteiger partial charge in [0, 0.05) is 86.0 Å². The van der Waals surface area contributed by atoms with Crippen LogP contribution in [0.5, 0.6) is 0 Å². The maximum absolute atomic E-state index is 15.5. The van der Waals surface area contributed by atoms with E-state index in [1.54, 1.807) is 67.9 Å². The fraction of sp³-hybridized carbons (Fsp3) is 0.327. The van der Waals surface area contributed by atoms with Gasteiger partial charge in [0.1, 0.15) is 55.2 Å². The van der Waals surface area contributed by atoms with Crippen molar-refractivity contribution >= 4 is 53.2 Å². The topological polar surface area (TPSA) is 258 Å². The van der Waals surface area contributed by atoms with Crippen molar-refractivity contribution in [1.29, 1.82) is 5.26 Å². The lowest BCUT2D eigenvalue weighted by molar-refractivity contribution is -0.753. The van der Waals surface area contributed by atoms with Gasteiger partial charge >= 0.3 is 30.2 Å². The van der Waals surface area contributed by atoms with Crippen molar-refractivity contribution in [1.82, 2.24) is 34.9 Å². The number of carbonyl (C=O) groups is 5. The normalized spacial score (nSPS) is 12.8. The molecule has 0 fully saturated rings. The number of amides is 3. The Kier molecular flexibility index (Phi) is 20.1. The molecule has 0 bridgehead atoms. The van der Waals surface area contributed by atoms with E-state index in [1.807, 2.05) is 0 Å². The second-order valence-electron chi connectivity index (χ2n) is 16.5. The van der Waals surface area contributed by atoms with Crippen molar-refractivity contribution in [3.05, 3.63) is 136 Å². The molecule has 0 aliphatic heterocycles. The number of esters is 2. The number of hydrogen-bond donors (Lipinski definition) is 2. The van der Waals surface area contributed by atoms with E-state index < -0.39 is 72.4 Å². The smallest absolute Gasteiger partial charge is 0.418 e. The zero-order valence-corrected chi connectivity index (χ0v) is 43.1. The van der Waals surface area contributed by atoms with Crippen LogP contribution in [0.15, 0.2) is 97.2 Å². The second-order valence-corrected chi connectivity index (χ2v) is 17.4. The maximum Gasteiger partial charge on any atom is 0.418 e. The molecule has 2 N–H and O–H groups in total. The lowest BCUT2D eigenvalue weighted by atomic mass is 9.82. The van der Waals surface area contributed by atoms with Gasteiger partial charge in [0.2, 0.25) is 18.8 Å². The number of ether oxygens (including phenoxy) is 5. The van der Waals surface area contributed by atoms with Crippen molar-refractivity contribution < 1.29 is 78.5 Å². The van der Waals surface area contributed by atoms with E-state index in [0.717, 1.165) is 32.9 Å². The van der Waals surface area contributed by atoms with Gasteiger partial charge < -0.3 is 51.4 Å². The molecule has 0 saturated heterocycles. The highest BCUT2D eigenvalue weighted by atomic mass is 35.5. The van der Waals surface area contributed by atoms with Crippen molar-refractivity contribution in [3.8, 4) is 17.3 Å².